The van der Waals surface area contributed by atoms with Gasteiger partial charge in [-0.25, -0.2) is 26.7 Å². The first-order valence-corrected chi connectivity index (χ1v) is 6.53. The van der Waals surface area contributed by atoms with Gasteiger partial charge in [0, 0.05) is 6.54 Å². The molecular weight excluding hydrogens is 284 g/mol. The molecule has 1 unspecified atom stereocenters. The van der Waals surface area contributed by atoms with Crippen molar-refractivity contribution in [3.63, 3.8) is 0 Å². The molecule has 1 atom stereocenters. The van der Waals surface area contributed by atoms with E-state index < -0.39 is 50.7 Å². The van der Waals surface area contributed by atoms with Crippen LogP contribution < -0.4 is 4.72 Å². The van der Waals surface area contributed by atoms with Gasteiger partial charge in [0.2, 0.25) is 10.0 Å². The highest BCUT2D eigenvalue weighted by Gasteiger charge is 2.24. The van der Waals surface area contributed by atoms with Crippen molar-refractivity contribution in [1.29, 1.82) is 0 Å². The molecule has 19 heavy (non-hydrogen) atoms. The van der Waals surface area contributed by atoms with Crippen LogP contribution in [0.1, 0.15) is 17.3 Å². The molecule has 0 aliphatic rings. The molecule has 1 rings (SSSR count). The lowest BCUT2D eigenvalue weighted by Gasteiger charge is -2.10. The number of aliphatic hydroxyl groups is 1. The Balaban J connectivity index is 3.29. The first-order chi connectivity index (χ1) is 8.65. The minimum absolute atomic E-state index is 0.380. The van der Waals surface area contributed by atoms with Gasteiger partial charge in [-0.1, -0.05) is 0 Å². The highest BCUT2D eigenvalue weighted by molar-refractivity contribution is 7.89. The molecule has 6 nitrogen and oxygen atoms in total. The Morgan fingerprint density at radius 1 is 1.42 bits per heavy atom. The van der Waals surface area contributed by atoms with Crippen LogP contribution in [0.5, 0.6) is 0 Å². The zero-order chi connectivity index (χ0) is 14.8. The number of sulfonamides is 1. The van der Waals surface area contributed by atoms with Crippen LogP contribution in [0.2, 0.25) is 0 Å². The minimum atomic E-state index is -4.45. The van der Waals surface area contributed by atoms with Gasteiger partial charge < -0.3 is 10.2 Å². The Bertz CT molecular complexity index is 600. The van der Waals surface area contributed by atoms with Crippen LogP contribution in [0.15, 0.2) is 17.0 Å². The molecule has 3 N–H and O–H groups in total. The molecule has 0 bridgehead atoms. The van der Waals surface area contributed by atoms with Gasteiger partial charge in [-0.05, 0) is 19.1 Å². The number of carboxylic acid groups (broad SMARTS) is 1. The molecule has 0 aromatic heterocycles. The van der Waals surface area contributed by atoms with Gasteiger partial charge >= 0.3 is 5.97 Å². The van der Waals surface area contributed by atoms with Gasteiger partial charge in [0.15, 0.2) is 11.6 Å². The van der Waals surface area contributed by atoms with Crippen LogP contribution in [0.25, 0.3) is 0 Å². The van der Waals surface area contributed by atoms with Crippen molar-refractivity contribution in [3.05, 3.63) is 29.3 Å². The van der Waals surface area contributed by atoms with E-state index >= 15 is 0 Å². The van der Waals surface area contributed by atoms with Crippen LogP contribution >= 0.6 is 0 Å². The second-order valence-corrected chi connectivity index (χ2v) is 5.51. The highest BCUT2D eigenvalue weighted by atomic mass is 32.2. The van der Waals surface area contributed by atoms with E-state index in [1.165, 1.54) is 6.92 Å². The fourth-order valence-corrected chi connectivity index (χ4v) is 2.42. The standard InChI is InChI=1S/C10H11F2NO5S/c1-5(14)4-13-19(17,18)8-3-6(10(15)16)2-7(11)9(8)12/h2-3,5,13-14H,4H2,1H3,(H,15,16). The Morgan fingerprint density at radius 3 is 2.47 bits per heavy atom. The topological polar surface area (TPSA) is 104 Å². The van der Waals surface area contributed by atoms with E-state index in [0.717, 1.165) is 0 Å². The summed E-state index contributed by atoms with van der Waals surface area (Å²) in [4.78, 5) is 9.55. The predicted molar refractivity (Wildman–Crippen MR) is 60.2 cm³/mol. The second kappa shape index (κ2) is 5.59. The summed E-state index contributed by atoms with van der Waals surface area (Å²) < 4.78 is 51.7. The van der Waals surface area contributed by atoms with Crippen LogP contribution in [-0.2, 0) is 10.0 Å². The second-order valence-electron chi connectivity index (χ2n) is 3.78. The third-order valence-electron chi connectivity index (χ3n) is 2.10. The Morgan fingerprint density at radius 2 is 2.00 bits per heavy atom. The zero-order valence-corrected chi connectivity index (χ0v) is 10.5. The smallest absolute Gasteiger partial charge is 0.335 e. The van der Waals surface area contributed by atoms with Crippen molar-refractivity contribution in [3.8, 4) is 0 Å². The predicted octanol–water partition coefficient (Wildman–Crippen LogP) is 0.322. The van der Waals surface area contributed by atoms with Gasteiger partial charge in [0.1, 0.15) is 4.90 Å². The van der Waals surface area contributed by atoms with Crippen LogP contribution in [0.3, 0.4) is 0 Å². The Labute approximate surface area is 107 Å². The summed E-state index contributed by atoms with van der Waals surface area (Å²) in [6.07, 6.45) is -1.04. The molecule has 0 heterocycles. The number of aliphatic hydroxyl groups excluding tert-OH is 1. The maximum Gasteiger partial charge on any atom is 0.335 e. The van der Waals surface area contributed by atoms with E-state index in [0.29, 0.717) is 12.1 Å². The maximum atomic E-state index is 13.4. The summed E-state index contributed by atoms with van der Waals surface area (Å²) in [5.74, 6) is -4.86. The third-order valence-corrected chi connectivity index (χ3v) is 3.52. The zero-order valence-electron chi connectivity index (χ0n) is 9.72. The van der Waals surface area contributed by atoms with E-state index in [4.69, 9.17) is 10.2 Å². The van der Waals surface area contributed by atoms with E-state index in [9.17, 15) is 22.0 Å². The average molecular weight is 295 g/mol. The molecule has 0 radical (unpaired) electrons. The van der Waals surface area contributed by atoms with Crippen molar-refractivity contribution >= 4 is 16.0 Å². The third kappa shape index (κ3) is 3.69. The van der Waals surface area contributed by atoms with Crippen molar-refractivity contribution in [1.82, 2.24) is 4.72 Å². The van der Waals surface area contributed by atoms with Crippen LogP contribution in [0, 0.1) is 11.6 Å². The van der Waals surface area contributed by atoms with Crippen molar-refractivity contribution in [2.45, 2.75) is 17.9 Å². The van der Waals surface area contributed by atoms with Gasteiger partial charge in [-0.15, -0.1) is 0 Å². The highest BCUT2D eigenvalue weighted by Crippen LogP contribution is 2.19. The van der Waals surface area contributed by atoms with Crippen molar-refractivity contribution < 1.29 is 32.2 Å². The first kappa shape index (κ1) is 15.5. The molecule has 9 heteroatoms. The number of carbonyl (C=O) groups is 1. The molecule has 0 aliphatic heterocycles. The quantitative estimate of drug-likeness (QED) is 0.726. The van der Waals surface area contributed by atoms with Crippen LogP contribution in [-0.4, -0.2) is 37.2 Å². The number of carboxylic acids is 1. The molecule has 1 aromatic rings. The largest absolute Gasteiger partial charge is 0.478 e. The number of aromatic carboxylic acids is 1. The van der Waals surface area contributed by atoms with Crippen molar-refractivity contribution in [2.75, 3.05) is 6.54 Å². The number of hydrogen-bond acceptors (Lipinski definition) is 4. The number of benzene rings is 1. The Hall–Kier alpha value is -1.58. The molecule has 0 aliphatic carbocycles. The average Bonchev–Trinajstić information content (AvgIpc) is 2.29. The molecule has 1 aromatic carbocycles. The van der Waals surface area contributed by atoms with Gasteiger partial charge in [-0.2, -0.15) is 0 Å². The number of nitrogens with one attached hydrogen (secondary N) is 1. The summed E-state index contributed by atoms with van der Waals surface area (Å²) in [6.45, 7) is 0.869. The number of hydrogen-bond donors (Lipinski definition) is 3. The number of rotatable bonds is 5. The SMILES string of the molecule is CC(O)CNS(=O)(=O)c1cc(C(=O)O)cc(F)c1F. The lowest BCUT2D eigenvalue weighted by molar-refractivity contribution is 0.0696. The van der Waals surface area contributed by atoms with E-state index in [1.807, 2.05) is 4.72 Å². The van der Waals surface area contributed by atoms with E-state index in [2.05, 4.69) is 0 Å². The van der Waals surface area contributed by atoms with Gasteiger partial charge in [0.25, 0.3) is 0 Å². The number of halogens is 2. The summed E-state index contributed by atoms with van der Waals surface area (Å²) in [6, 6.07) is 0.885. The summed E-state index contributed by atoms with van der Waals surface area (Å²) in [5, 5.41) is 17.6. The molecule has 0 spiro atoms. The van der Waals surface area contributed by atoms with E-state index in [1.54, 1.807) is 0 Å². The summed E-state index contributed by atoms with van der Waals surface area (Å²) in [5.41, 5.74) is -0.698. The molecule has 0 saturated heterocycles. The summed E-state index contributed by atoms with van der Waals surface area (Å²) in [7, 11) is -4.45. The van der Waals surface area contributed by atoms with Crippen LogP contribution in [0.4, 0.5) is 8.78 Å². The molecule has 0 amide bonds. The monoisotopic (exact) mass is 295 g/mol. The molecule has 0 fully saturated rings. The lowest BCUT2D eigenvalue weighted by Crippen LogP contribution is -2.31. The molecule has 106 valence electrons. The van der Waals surface area contributed by atoms with Gasteiger partial charge in [-0.3, -0.25) is 0 Å². The Kier molecular flexibility index (Phi) is 4.56. The normalized spacial score (nSPS) is 13.3. The lowest BCUT2D eigenvalue weighted by atomic mass is 10.2. The fraction of sp³-hybridized carbons (Fsp3) is 0.300. The summed E-state index contributed by atoms with van der Waals surface area (Å²) >= 11 is 0. The van der Waals surface area contributed by atoms with Gasteiger partial charge in [0.05, 0.1) is 11.7 Å². The minimum Gasteiger partial charge on any atom is -0.478 e. The molecule has 0 saturated carbocycles. The maximum absolute atomic E-state index is 13.4. The first-order valence-electron chi connectivity index (χ1n) is 5.05. The van der Waals surface area contributed by atoms with Crippen molar-refractivity contribution in [2.24, 2.45) is 0 Å². The molecular formula is C10H11F2NO5S. The fourth-order valence-electron chi connectivity index (χ4n) is 1.19. The van der Waals surface area contributed by atoms with E-state index in [-0.39, 0.29) is 0 Å².